The van der Waals surface area contributed by atoms with E-state index < -0.39 is 5.60 Å². The molecule has 0 aromatic heterocycles. The summed E-state index contributed by atoms with van der Waals surface area (Å²) in [5.41, 5.74) is -0.876. The first kappa shape index (κ1) is 13.0. The van der Waals surface area contributed by atoms with Crippen LogP contribution in [0.4, 0.5) is 0 Å². The summed E-state index contributed by atoms with van der Waals surface area (Å²) in [6, 6.07) is 0. The summed E-state index contributed by atoms with van der Waals surface area (Å²) in [6.45, 7) is 7.78. The lowest BCUT2D eigenvalue weighted by atomic mass is 9.61. The fourth-order valence-corrected chi connectivity index (χ4v) is 4.22. The number of rotatable bonds is 2. The average molecular weight is 240 g/mol. The Balaban J connectivity index is 2.39. The molecule has 0 unspecified atom stereocenters. The van der Waals surface area contributed by atoms with Gasteiger partial charge in [-0.1, -0.05) is 13.8 Å². The Hall–Kier alpha value is -0.410. The van der Waals surface area contributed by atoms with Crippen molar-refractivity contribution in [2.45, 2.75) is 46.1 Å². The van der Waals surface area contributed by atoms with E-state index in [0.717, 1.165) is 12.8 Å². The Labute approximate surface area is 103 Å². The maximum atomic E-state index is 12.4. The molecule has 0 aromatic rings. The van der Waals surface area contributed by atoms with Crippen LogP contribution in [0.1, 0.15) is 40.5 Å². The molecule has 2 bridgehead atoms. The van der Waals surface area contributed by atoms with Gasteiger partial charge in [-0.3, -0.25) is 4.79 Å². The van der Waals surface area contributed by atoms with E-state index in [-0.39, 0.29) is 41.5 Å². The molecule has 2 saturated carbocycles. The second-order valence-electron chi connectivity index (χ2n) is 6.76. The minimum absolute atomic E-state index is 0.0367. The smallest absolute Gasteiger partial charge is 0.142 e. The Bertz CT molecular complexity index is 331. The predicted octanol–water partition coefficient (Wildman–Crippen LogP) is 1.62. The summed E-state index contributed by atoms with van der Waals surface area (Å²) in [4.78, 5) is 12.4. The summed E-state index contributed by atoms with van der Waals surface area (Å²) < 4.78 is 0. The lowest BCUT2D eigenvalue weighted by molar-refractivity contribution is -0.130. The molecule has 0 amide bonds. The third kappa shape index (κ3) is 1.66. The van der Waals surface area contributed by atoms with Gasteiger partial charge < -0.3 is 10.2 Å². The molecule has 2 aliphatic carbocycles. The van der Waals surface area contributed by atoms with E-state index in [1.807, 2.05) is 0 Å². The van der Waals surface area contributed by atoms with E-state index in [0.29, 0.717) is 0 Å². The van der Waals surface area contributed by atoms with Crippen molar-refractivity contribution >= 4 is 5.78 Å². The number of carbonyl (C=O) groups is 1. The first-order valence-electron chi connectivity index (χ1n) is 6.60. The molecule has 0 aromatic carbocycles. The van der Waals surface area contributed by atoms with Gasteiger partial charge in [0.2, 0.25) is 0 Å². The second-order valence-corrected chi connectivity index (χ2v) is 6.76. The van der Waals surface area contributed by atoms with Gasteiger partial charge in [0, 0.05) is 11.8 Å². The number of ketones is 1. The van der Waals surface area contributed by atoms with Crippen LogP contribution < -0.4 is 0 Å². The van der Waals surface area contributed by atoms with Crippen LogP contribution in [0.25, 0.3) is 0 Å². The van der Waals surface area contributed by atoms with E-state index in [1.165, 1.54) is 0 Å². The lowest BCUT2D eigenvalue weighted by Gasteiger charge is -2.45. The number of hydrogen-bond donors (Lipinski definition) is 2. The summed E-state index contributed by atoms with van der Waals surface area (Å²) in [7, 11) is 0. The van der Waals surface area contributed by atoms with Gasteiger partial charge in [0.05, 0.1) is 12.2 Å². The highest BCUT2D eigenvalue weighted by atomic mass is 16.3. The van der Waals surface area contributed by atoms with Gasteiger partial charge in [-0.25, -0.2) is 0 Å². The average Bonchev–Trinajstić information content (AvgIpc) is 2.31. The predicted molar refractivity (Wildman–Crippen MR) is 65.4 cm³/mol. The minimum atomic E-state index is -0.805. The van der Waals surface area contributed by atoms with Gasteiger partial charge in [-0.05, 0) is 43.9 Å². The Kier molecular flexibility index (Phi) is 2.91. The zero-order valence-electron chi connectivity index (χ0n) is 11.2. The van der Waals surface area contributed by atoms with Crippen molar-refractivity contribution in [1.82, 2.24) is 0 Å². The molecule has 3 nitrogen and oxygen atoms in total. The van der Waals surface area contributed by atoms with Crippen LogP contribution >= 0.6 is 0 Å². The zero-order valence-corrected chi connectivity index (χ0v) is 11.2. The molecule has 2 aliphatic rings. The van der Waals surface area contributed by atoms with E-state index in [9.17, 15) is 15.0 Å². The Morgan fingerprint density at radius 3 is 2.53 bits per heavy atom. The van der Waals surface area contributed by atoms with E-state index in [4.69, 9.17) is 0 Å². The summed E-state index contributed by atoms with van der Waals surface area (Å²) in [5, 5.41) is 19.7. The fraction of sp³-hybridized carbons (Fsp3) is 0.929. The fourth-order valence-electron chi connectivity index (χ4n) is 4.22. The summed E-state index contributed by atoms with van der Waals surface area (Å²) >= 11 is 0. The van der Waals surface area contributed by atoms with Crippen molar-refractivity contribution in [2.24, 2.45) is 29.1 Å². The molecule has 3 heteroatoms. The molecule has 0 heterocycles. The van der Waals surface area contributed by atoms with Crippen LogP contribution in [0.3, 0.4) is 0 Å². The molecule has 5 atom stereocenters. The normalized spacial score (nSPS) is 46.4. The van der Waals surface area contributed by atoms with Crippen LogP contribution in [0, 0.1) is 29.1 Å². The first-order chi connectivity index (χ1) is 7.73. The van der Waals surface area contributed by atoms with E-state index >= 15 is 0 Å². The molecule has 2 N–H and O–H groups in total. The molecular weight excluding hydrogens is 216 g/mol. The molecule has 0 radical (unpaired) electrons. The van der Waals surface area contributed by atoms with Crippen LogP contribution in [0.5, 0.6) is 0 Å². The highest BCUT2D eigenvalue weighted by molar-refractivity contribution is 5.88. The standard InChI is InChI=1S/C14H24O3/c1-8-11-9(13(2,3)17)5-6-14(8,4)10(7-15)12(11)16/h8-11,15,17H,5-7H2,1-4H3/t8-,9+,10-,11-,14-/m1/s1. The Morgan fingerprint density at radius 2 is 2.06 bits per heavy atom. The Morgan fingerprint density at radius 1 is 1.47 bits per heavy atom. The van der Waals surface area contributed by atoms with Crippen molar-refractivity contribution < 1.29 is 15.0 Å². The zero-order chi connectivity index (χ0) is 13.0. The van der Waals surface area contributed by atoms with Crippen LogP contribution in [-0.4, -0.2) is 28.2 Å². The van der Waals surface area contributed by atoms with Crippen LogP contribution in [0.15, 0.2) is 0 Å². The van der Waals surface area contributed by atoms with Gasteiger partial charge in [-0.2, -0.15) is 0 Å². The maximum Gasteiger partial charge on any atom is 0.142 e. The highest BCUT2D eigenvalue weighted by Crippen LogP contribution is 2.60. The number of aliphatic hydroxyl groups excluding tert-OH is 1. The van der Waals surface area contributed by atoms with Gasteiger partial charge in [-0.15, -0.1) is 0 Å². The monoisotopic (exact) mass is 240 g/mol. The molecule has 2 rings (SSSR count). The molecule has 0 spiro atoms. The lowest BCUT2D eigenvalue weighted by Crippen LogP contribution is -2.44. The second kappa shape index (κ2) is 3.79. The van der Waals surface area contributed by atoms with E-state index in [1.54, 1.807) is 13.8 Å². The van der Waals surface area contributed by atoms with Crippen molar-refractivity contribution in [2.75, 3.05) is 6.61 Å². The van der Waals surface area contributed by atoms with Crippen molar-refractivity contribution in [1.29, 1.82) is 0 Å². The molecular formula is C14H24O3. The SMILES string of the molecule is C[C@@H]1[C@H]2C(=O)[C@@H](CO)[C@]1(C)CC[C@@H]2C(C)(C)O. The molecule has 2 fully saturated rings. The summed E-state index contributed by atoms with van der Waals surface area (Å²) in [6.07, 6.45) is 1.81. The number of Topliss-reactive ketones (excluding diaryl/α,β-unsaturated/α-hetero) is 1. The largest absolute Gasteiger partial charge is 0.396 e. The van der Waals surface area contributed by atoms with Gasteiger partial charge in [0.25, 0.3) is 0 Å². The molecule has 0 aliphatic heterocycles. The number of hydrogen-bond acceptors (Lipinski definition) is 3. The van der Waals surface area contributed by atoms with Crippen LogP contribution in [0.2, 0.25) is 0 Å². The van der Waals surface area contributed by atoms with Crippen molar-refractivity contribution in [3.05, 3.63) is 0 Å². The number of fused-ring (bicyclic) bond motifs is 2. The van der Waals surface area contributed by atoms with E-state index in [2.05, 4.69) is 13.8 Å². The molecule has 17 heavy (non-hydrogen) atoms. The third-order valence-electron chi connectivity index (χ3n) is 5.56. The molecule has 0 saturated heterocycles. The highest BCUT2D eigenvalue weighted by Gasteiger charge is 2.61. The quantitative estimate of drug-likeness (QED) is 0.771. The molecule has 98 valence electrons. The van der Waals surface area contributed by atoms with Gasteiger partial charge in [0.1, 0.15) is 5.78 Å². The maximum absolute atomic E-state index is 12.4. The van der Waals surface area contributed by atoms with Gasteiger partial charge in [0.15, 0.2) is 0 Å². The summed E-state index contributed by atoms with van der Waals surface area (Å²) in [5.74, 6) is 0.167. The third-order valence-corrected chi connectivity index (χ3v) is 5.56. The van der Waals surface area contributed by atoms with Crippen LogP contribution in [-0.2, 0) is 4.79 Å². The van der Waals surface area contributed by atoms with Gasteiger partial charge >= 0.3 is 0 Å². The van der Waals surface area contributed by atoms with Crippen molar-refractivity contribution in [3.8, 4) is 0 Å². The topological polar surface area (TPSA) is 57.5 Å². The number of aliphatic hydroxyl groups is 2. The van der Waals surface area contributed by atoms with Crippen molar-refractivity contribution in [3.63, 3.8) is 0 Å². The number of carbonyl (C=O) groups excluding carboxylic acids is 1. The first-order valence-corrected chi connectivity index (χ1v) is 6.60. The minimum Gasteiger partial charge on any atom is -0.396 e.